The van der Waals surface area contributed by atoms with E-state index in [1.54, 1.807) is 0 Å². The van der Waals surface area contributed by atoms with Crippen molar-refractivity contribution in [1.82, 2.24) is 0 Å². The zero-order chi connectivity index (χ0) is 13.0. The molecule has 17 heavy (non-hydrogen) atoms. The molecule has 8 heteroatoms. The molecule has 0 saturated heterocycles. The van der Waals surface area contributed by atoms with Gasteiger partial charge in [-0.3, -0.25) is 14.9 Å². The SMILES string of the molecule is NC(=O)C(N)COc1ccc([N+](=O)[O-])c(F)c1. The van der Waals surface area contributed by atoms with Crippen LogP contribution in [0.25, 0.3) is 0 Å². The van der Waals surface area contributed by atoms with Gasteiger partial charge in [-0.2, -0.15) is 4.39 Å². The summed E-state index contributed by atoms with van der Waals surface area (Å²) in [4.78, 5) is 20.1. The molecular weight excluding hydrogens is 233 g/mol. The number of nitrogens with two attached hydrogens (primary N) is 2. The first kappa shape index (κ1) is 12.8. The molecule has 7 nitrogen and oxygen atoms in total. The fraction of sp³-hybridized carbons (Fsp3) is 0.222. The first-order valence-electron chi connectivity index (χ1n) is 4.53. The zero-order valence-corrected chi connectivity index (χ0v) is 8.63. The molecule has 4 N–H and O–H groups in total. The molecule has 0 radical (unpaired) electrons. The Morgan fingerprint density at radius 1 is 1.59 bits per heavy atom. The summed E-state index contributed by atoms with van der Waals surface area (Å²) in [5, 5.41) is 10.3. The van der Waals surface area contributed by atoms with E-state index >= 15 is 0 Å². The van der Waals surface area contributed by atoms with Crippen LogP contribution in [0.15, 0.2) is 18.2 Å². The second-order valence-electron chi connectivity index (χ2n) is 3.19. The molecule has 0 fully saturated rings. The predicted molar refractivity (Wildman–Crippen MR) is 55.7 cm³/mol. The number of nitrogens with zero attached hydrogens (tertiary/aromatic N) is 1. The van der Waals surface area contributed by atoms with Crippen molar-refractivity contribution < 1.29 is 18.8 Å². The number of halogens is 1. The third-order valence-electron chi connectivity index (χ3n) is 1.91. The van der Waals surface area contributed by atoms with Gasteiger partial charge in [-0.1, -0.05) is 0 Å². The molecule has 0 saturated carbocycles. The summed E-state index contributed by atoms with van der Waals surface area (Å²) in [5.41, 5.74) is 9.51. The quantitative estimate of drug-likeness (QED) is 0.553. The van der Waals surface area contributed by atoms with E-state index < -0.39 is 28.4 Å². The third-order valence-corrected chi connectivity index (χ3v) is 1.91. The lowest BCUT2D eigenvalue weighted by atomic mass is 10.3. The van der Waals surface area contributed by atoms with Crippen LogP contribution in [0.1, 0.15) is 0 Å². The highest BCUT2D eigenvalue weighted by molar-refractivity contribution is 5.79. The lowest BCUT2D eigenvalue weighted by molar-refractivity contribution is -0.387. The number of ether oxygens (including phenoxy) is 1. The van der Waals surface area contributed by atoms with Gasteiger partial charge in [-0.15, -0.1) is 0 Å². The smallest absolute Gasteiger partial charge is 0.305 e. The van der Waals surface area contributed by atoms with Gasteiger partial charge in [-0.05, 0) is 6.07 Å². The predicted octanol–water partition coefficient (Wildman–Crippen LogP) is -0.0747. The fourth-order valence-electron chi connectivity index (χ4n) is 0.994. The molecule has 1 rings (SSSR count). The Hall–Kier alpha value is -2.22. The Balaban J connectivity index is 2.71. The average molecular weight is 243 g/mol. The van der Waals surface area contributed by atoms with Crippen molar-refractivity contribution in [2.45, 2.75) is 6.04 Å². The minimum atomic E-state index is -1.03. The number of nitro benzene ring substituents is 1. The first-order chi connectivity index (χ1) is 7.91. The van der Waals surface area contributed by atoms with E-state index in [-0.39, 0.29) is 12.4 Å². The molecule has 0 bridgehead atoms. The topological polar surface area (TPSA) is 121 Å². The summed E-state index contributed by atoms with van der Waals surface area (Å²) in [6.45, 7) is -0.230. The molecular formula is C9H10FN3O4. The number of benzene rings is 1. The van der Waals surface area contributed by atoms with Gasteiger partial charge in [0, 0.05) is 12.1 Å². The first-order valence-corrected chi connectivity index (χ1v) is 4.53. The summed E-state index contributed by atoms with van der Waals surface area (Å²) >= 11 is 0. The summed E-state index contributed by atoms with van der Waals surface area (Å²) < 4.78 is 18.1. The number of amides is 1. The van der Waals surface area contributed by atoms with Crippen molar-refractivity contribution in [2.75, 3.05) is 6.61 Å². The lowest BCUT2D eigenvalue weighted by Crippen LogP contribution is -2.41. The van der Waals surface area contributed by atoms with Gasteiger partial charge in [0.1, 0.15) is 18.4 Å². The van der Waals surface area contributed by atoms with Gasteiger partial charge >= 0.3 is 5.69 Å². The minimum Gasteiger partial charge on any atom is -0.491 e. The Labute approximate surface area is 95.3 Å². The van der Waals surface area contributed by atoms with Crippen LogP contribution in [0.5, 0.6) is 5.75 Å². The Morgan fingerprint density at radius 3 is 2.71 bits per heavy atom. The molecule has 0 spiro atoms. The molecule has 0 aliphatic rings. The highest BCUT2D eigenvalue weighted by atomic mass is 19.1. The van der Waals surface area contributed by atoms with Gasteiger partial charge in [0.2, 0.25) is 11.7 Å². The second kappa shape index (κ2) is 5.21. The van der Waals surface area contributed by atoms with Gasteiger partial charge in [0.05, 0.1) is 4.92 Å². The van der Waals surface area contributed by atoms with Crippen molar-refractivity contribution in [3.63, 3.8) is 0 Å². The highest BCUT2D eigenvalue weighted by Gasteiger charge is 2.15. The van der Waals surface area contributed by atoms with E-state index in [9.17, 15) is 19.3 Å². The number of carbonyl (C=O) groups is 1. The minimum absolute atomic E-state index is 0.0322. The fourth-order valence-corrected chi connectivity index (χ4v) is 0.994. The van der Waals surface area contributed by atoms with E-state index in [1.165, 1.54) is 6.07 Å². The largest absolute Gasteiger partial charge is 0.491 e. The molecule has 1 atom stereocenters. The number of primary amides is 1. The molecule has 1 unspecified atom stereocenters. The third kappa shape index (κ3) is 3.38. The Morgan fingerprint density at radius 2 is 2.24 bits per heavy atom. The number of hydrogen-bond donors (Lipinski definition) is 2. The van der Waals surface area contributed by atoms with Crippen LogP contribution in [0, 0.1) is 15.9 Å². The van der Waals surface area contributed by atoms with Crippen molar-refractivity contribution in [1.29, 1.82) is 0 Å². The summed E-state index contributed by atoms with van der Waals surface area (Å²) in [7, 11) is 0. The van der Waals surface area contributed by atoms with Gasteiger partial charge in [-0.25, -0.2) is 0 Å². The van der Waals surface area contributed by atoms with Crippen molar-refractivity contribution in [3.05, 3.63) is 34.1 Å². The van der Waals surface area contributed by atoms with Crippen molar-refractivity contribution in [3.8, 4) is 5.75 Å². The molecule has 0 heterocycles. The van der Waals surface area contributed by atoms with Gasteiger partial charge < -0.3 is 16.2 Å². The van der Waals surface area contributed by atoms with E-state index in [0.717, 1.165) is 12.1 Å². The molecule has 1 aromatic rings. The van der Waals surface area contributed by atoms with Crippen LogP contribution >= 0.6 is 0 Å². The molecule has 0 aliphatic carbocycles. The summed E-state index contributed by atoms with van der Waals surface area (Å²) in [6, 6.07) is 1.98. The van der Waals surface area contributed by atoms with Crippen LogP contribution in [0.4, 0.5) is 10.1 Å². The molecule has 1 aromatic carbocycles. The van der Waals surface area contributed by atoms with E-state index in [1.807, 2.05) is 0 Å². The van der Waals surface area contributed by atoms with E-state index in [2.05, 4.69) is 0 Å². The lowest BCUT2D eigenvalue weighted by Gasteiger charge is -2.09. The summed E-state index contributed by atoms with van der Waals surface area (Å²) in [6.07, 6.45) is 0. The molecule has 1 amide bonds. The summed E-state index contributed by atoms with van der Waals surface area (Å²) in [5.74, 6) is -1.75. The zero-order valence-electron chi connectivity index (χ0n) is 8.63. The van der Waals surface area contributed by atoms with Crippen LogP contribution in [-0.4, -0.2) is 23.5 Å². The van der Waals surface area contributed by atoms with E-state index in [0.29, 0.717) is 0 Å². The number of rotatable bonds is 5. The molecule has 0 aromatic heterocycles. The van der Waals surface area contributed by atoms with Gasteiger partial charge in [0.25, 0.3) is 0 Å². The normalized spacial score (nSPS) is 11.9. The van der Waals surface area contributed by atoms with E-state index in [4.69, 9.17) is 16.2 Å². The maximum atomic E-state index is 13.1. The van der Waals surface area contributed by atoms with Gasteiger partial charge in [0.15, 0.2) is 0 Å². The number of carbonyl (C=O) groups excluding carboxylic acids is 1. The number of hydrogen-bond acceptors (Lipinski definition) is 5. The second-order valence-corrected chi connectivity index (χ2v) is 3.19. The van der Waals surface area contributed by atoms with Crippen LogP contribution in [0.3, 0.4) is 0 Å². The molecule has 92 valence electrons. The monoisotopic (exact) mass is 243 g/mol. The van der Waals surface area contributed by atoms with Crippen molar-refractivity contribution in [2.24, 2.45) is 11.5 Å². The van der Waals surface area contributed by atoms with Crippen LogP contribution < -0.4 is 16.2 Å². The number of nitro groups is 1. The Bertz CT molecular complexity index is 452. The standard InChI is InChI=1S/C9H10FN3O4/c10-6-3-5(1-2-8(6)13(15)16)17-4-7(11)9(12)14/h1-3,7H,4,11H2,(H2,12,14). The highest BCUT2D eigenvalue weighted by Crippen LogP contribution is 2.22. The Kier molecular flexibility index (Phi) is 3.94. The maximum absolute atomic E-state index is 13.1. The van der Waals surface area contributed by atoms with Crippen LogP contribution in [0.2, 0.25) is 0 Å². The molecule has 0 aliphatic heterocycles. The van der Waals surface area contributed by atoms with Crippen molar-refractivity contribution >= 4 is 11.6 Å². The maximum Gasteiger partial charge on any atom is 0.305 e. The van der Waals surface area contributed by atoms with Crippen LogP contribution in [-0.2, 0) is 4.79 Å². The average Bonchev–Trinajstić information content (AvgIpc) is 2.25.